The van der Waals surface area contributed by atoms with Crippen molar-refractivity contribution in [3.63, 3.8) is 0 Å². The lowest BCUT2D eigenvalue weighted by molar-refractivity contribution is 0.204. The van der Waals surface area contributed by atoms with Crippen molar-refractivity contribution in [2.45, 2.75) is 32.4 Å². The normalized spacial score (nSPS) is 18.5. The first-order chi connectivity index (χ1) is 11.6. The number of aryl methyl sites for hydroxylation is 1. The van der Waals surface area contributed by atoms with Crippen LogP contribution in [0.4, 0.5) is 4.39 Å². The van der Waals surface area contributed by atoms with Crippen LogP contribution in [0.25, 0.3) is 10.9 Å². The lowest BCUT2D eigenvalue weighted by Gasteiger charge is -2.22. The fourth-order valence-electron chi connectivity index (χ4n) is 3.46. The lowest BCUT2D eigenvalue weighted by Crippen LogP contribution is -2.24. The summed E-state index contributed by atoms with van der Waals surface area (Å²) >= 11 is 0. The predicted molar refractivity (Wildman–Crippen MR) is 88.2 cm³/mol. The predicted octanol–water partition coefficient (Wildman–Crippen LogP) is 3.30. The Morgan fingerprint density at radius 1 is 1.38 bits per heavy atom. The van der Waals surface area contributed by atoms with Crippen molar-refractivity contribution < 1.29 is 8.91 Å². The molecule has 3 heterocycles. The first-order valence-corrected chi connectivity index (χ1v) is 8.09. The van der Waals surface area contributed by atoms with E-state index < -0.39 is 5.82 Å². The zero-order valence-corrected chi connectivity index (χ0v) is 13.4. The Labute approximate surface area is 138 Å². The molecule has 1 N–H and O–H groups in total. The largest absolute Gasteiger partial charge is 0.359 e. The van der Waals surface area contributed by atoms with Gasteiger partial charge in [0.1, 0.15) is 5.82 Å². The zero-order valence-electron chi connectivity index (χ0n) is 13.4. The number of hydrogen-bond donors (Lipinski definition) is 1. The molecule has 1 unspecified atom stereocenters. The molecule has 24 heavy (non-hydrogen) atoms. The van der Waals surface area contributed by atoms with Gasteiger partial charge in [-0.05, 0) is 44.5 Å². The van der Waals surface area contributed by atoms with Crippen LogP contribution in [0.15, 0.2) is 39.6 Å². The summed E-state index contributed by atoms with van der Waals surface area (Å²) in [5.74, 6) is 0.469. The molecule has 1 aliphatic rings. The third-order valence-corrected chi connectivity index (χ3v) is 4.56. The van der Waals surface area contributed by atoms with Gasteiger partial charge in [-0.25, -0.2) is 4.39 Å². The maximum absolute atomic E-state index is 13.3. The number of halogens is 1. The molecule has 0 amide bonds. The Kier molecular flexibility index (Phi) is 3.69. The number of hydrogen-bond acceptors (Lipinski definition) is 4. The number of pyridine rings is 1. The molecule has 0 spiro atoms. The molecular weight excluding hydrogens is 309 g/mol. The molecule has 6 heteroatoms. The smallest absolute Gasteiger partial charge is 0.189 e. The summed E-state index contributed by atoms with van der Waals surface area (Å²) in [6, 6.07) is 7.94. The fraction of sp³-hybridized carbons (Fsp3) is 0.333. The number of likely N-dealkylation sites (tertiary alicyclic amines) is 1. The van der Waals surface area contributed by atoms with E-state index in [2.05, 4.69) is 15.0 Å². The number of rotatable bonds is 3. The van der Waals surface area contributed by atoms with Gasteiger partial charge in [-0.1, -0.05) is 5.16 Å². The zero-order chi connectivity index (χ0) is 16.7. The molecule has 4 rings (SSSR count). The molecule has 2 aromatic heterocycles. The highest BCUT2D eigenvalue weighted by molar-refractivity contribution is 5.78. The third-order valence-electron chi connectivity index (χ3n) is 4.56. The SMILES string of the molecule is Cc1cc(C2CCCN2Cc2cc(=O)c3cc(F)ccc3[nH]2)on1. The summed E-state index contributed by atoms with van der Waals surface area (Å²) in [5.41, 5.74) is 2.19. The Morgan fingerprint density at radius 3 is 3.04 bits per heavy atom. The average Bonchev–Trinajstić information content (AvgIpc) is 3.17. The van der Waals surface area contributed by atoms with Crippen molar-refractivity contribution >= 4 is 10.9 Å². The molecule has 1 aromatic carbocycles. The van der Waals surface area contributed by atoms with Crippen LogP contribution >= 0.6 is 0 Å². The summed E-state index contributed by atoms with van der Waals surface area (Å²) in [7, 11) is 0. The molecule has 1 atom stereocenters. The molecule has 0 aliphatic carbocycles. The third kappa shape index (κ3) is 2.73. The number of aromatic amines is 1. The Morgan fingerprint density at radius 2 is 2.25 bits per heavy atom. The number of fused-ring (bicyclic) bond motifs is 1. The maximum atomic E-state index is 13.3. The van der Waals surface area contributed by atoms with Crippen LogP contribution in [-0.4, -0.2) is 21.6 Å². The van der Waals surface area contributed by atoms with Crippen molar-refractivity contribution in [3.8, 4) is 0 Å². The van der Waals surface area contributed by atoms with E-state index in [1.165, 1.54) is 12.1 Å². The van der Waals surface area contributed by atoms with Crippen LogP contribution < -0.4 is 5.43 Å². The van der Waals surface area contributed by atoms with Gasteiger partial charge in [0, 0.05) is 35.3 Å². The van der Waals surface area contributed by atoms with E-state index in [1.54, 1.807) is 12.1 Å². The topological polar surface area (TPSA) is 62.1 Å². The van der Waals surface area contributed by atoms with Gasteiger partial charge in [0.15, 0.2) is 11.2 Å². The van der Waals surface area contributed by atoms with Crippen molar-refractivity contribution in [2.24, 2.45) is 0 Å². The average molecular weight is 327 g/mol. The van der Waals surface area contributed by atoms with Gasteiger partial charge >= 0.3 is 0 Å². The summed E-state index contributed by atoms with van der Waals surface area (Å²) in [4.78, 5) is 17.8. The standard InChI is InChI=1S/C18H18FN3O2/c1-11-7-18(24-21-11)16-3-2-6-22(16)10-13-9-17(23)14-8-12(19)4-5-15(14)20-13/h4-5,7-9,16H,2-3,6,10H2,1H3,(H,20,23). The minimum Gasteiger partial charge on any atom is -0.359 e. The quantitative estimate of drug-likeness (QED) is 0.802. The van der Waals surface area contributed by atoms with Crippen LogP contribution in [0.3, 0.4) is 0 Å². The highest BCUT2D eigenvalue weighted by atomic mass is 19.1. The van der Waals surface area contributed by atoms with Crippen LogP contribution in [0.2, 0.25) is 0 Å². The molecule has 0 radical (unpaired) electrons. The van der Waals surface area contributed by atoms with Crippen molar-refractivity contribution in [2.75, 3.05) is 6.54 Å². The highest BCUT2D eigenvalue weighted by Crippen LogP contribution is 2.33. The molecule has 0 saturated carbocycles. The van der Waals surface area contributed by atoms with E-state index in [0.29, 0.717) is 17.4 Å². The van der Waals surface area contributed by atoms with Gasteiger partial charge < -0.3 is 9.51 Å². The lowest BCUT2D eigenvalue weighted by atomic mass is 10.1. The van der Waals surface area contributed by atoms with Crippen molar-refractivity contribution in [1.82, 2.24) is 15.0 Å². The molecule has 1 fully saturated rings. The second kappa shape index (κ2) is 5.87. The number of H-pyrrole nitrogens is 1. The second-order valence-corrected chi connectivity index (χ2v) is 6.35. The first-order valence-electron chi connectivity index (χ1n) is 8.09. The van der Waals surface area contributed by atoms with Crippen molar-refractivity contribution in [1.29, 1.82) is 0 Å². The van der Waals surface area contributed by atoms with Gasteiger partial charge in [-0.2, -0.15) is 0 Å². The number of nitrogens with one attached hydrogen (secondary N) is 1. The first kappa shape index (κ1) is 15.1. The van der Waals surface area contributed by atoms with Gasteiger partial charge in [-0.3, -0.25) is 9.69 Å². The second-order valence-electron chi connectivity index (χ2n) is 6.35. The number of benzene rings is 1. The number of nitrogens with zero attached hydrogens (tertiary/aromatic N) is 2. The molecule has 1 saturated heterocycles. The van der Waals surface area contributed by atoms with Crippen LogP contribution in [0.5, 0.6) is 0 Å². The molecule has 3 aromatic rings. The molecule has 1 aliphatic heterocycles. The van der Waals surface area contributed by atoms with E-state index in [9.17, 15) is 9.18 Å². The highest BCUT2D eigenvalue weighted by Gasteiger charge is 2.29. The minimum absolute atomic E-state index is 0.162. The van der Waals surface area contributed by atoms with Gasteiger partial charge in [0.05, 0.1) is 11.7 Å². The summed E-state index contributed by atoms with van der Waals surface area (Å²) in [6.45, 7) is 3.47. The monoisotopic (exact) mass is 327 g/mol. The molecule has 124 valence electrons. The van der Waals surface area contributed by atoms with Crippen molar-refractivity contribution in [3.05, 3.63) is 63.5 Å². The number of aromatic nitrogens is 2. The summed E-state index contributed by atoms with van der Waals surface area (Å²) in [6.07, 6.45) is 2.09. The Hall–Kier alpha value is -2.47. The molecule has 0 bridgehead atoms. The van der Waals surface area contributed by atoms with E-state index in [4.69, 9.17) is 4.52 Å². The summed E-state index contributed by atoms with van der Waals surface area (Å²) in [5, 5.41) is 4.35. The van der Waals surface area contributed by atoms with Crippen LogP contribution in [0.1, 0.15) is 36.0 Å². The fourth-order valence-corrected chi connectivity index (χ4v) is 3.46. The van der Waals surface area contributed by atoms with Gasteiger partial charge in [0.25, 0.3) is 0 Å². The Bertz CT molecular complexity index is 947. The Balaban J connectivity index is 1.64. The minimum atomic E-state index is -0.402. The van der Waals surface area contributed by atoms with Gasteiger partial charge in [0.2, 0.25) is 0 Å². The van der Waals surface area contributed by atoms with E-state index in [-0.39, 0.29) is 11.5 Å². The van der Waals surface area contributed by atoms with Crippen LogP contribution in [0, 0.1) is 12.7 Å². The van der Waals surface area contributed by atoms with Crippen LogP contribution in [-0.2, 0) is 6.54 Å². The maximum Gasteiger partial charge on any atom is 0.189 e. The molecular formula is C18H18FN3O2. The van der Waals surface area contributed by atoms with E-state index in [1.807, 2.05) is 13.0 Å². The molecule has 5 nitrogen and oxygen atoms in total. The summed E-state index contributed by atoms with van der Waals surface area (Å²) < 4.78 is 18.7. The van der Waals surface area contributed by atoms with E-state index >= 15 is 0 Å². The van der Waals surface area contributed by atoms with Gasteiger partial charge in [-0.15, -0.1) is 0 Å². The van der Waals surface area contributed by atoms with E-state index in [0.717, 1.165) is 36.5 Å².